The summed E-state index contributed by atoms with van der Waals surface area (Å²) in [6, 6.07) is -0.166. The number of carboxylic acids is 1. The van der Waals surface area contributed by atoms with Crippen LogP contribution in [-0.2, 0) is 9.53 Å². The first-order valence-electron chi connectivity index (χ1n) is 6.07. The maximum absolute atomic E-state index is 11.7. The Hall–Kier alpha value is -1.30. The zero-order valence-electron chi connectivity index (χ0n) is 11.4. The van der Waals surface area contributed by atoms with Gasteiger partial charge < -0.3 is 20.1 Å². The lowest BCUT2D eigenvalue weighted by Gasteiger charge is -2.23. The maximum atomic E-state index is 11.7. The molecule has 0 unspecified atom stereocenters. The summed E-state index contributed by atoms with van der Waals surface area (Å²) in [5.74, 6) is -0.911. The molecule has 0 aromatic heterocycles. The second-order valence-corrected chi connectivity index (χ2v) is 5.83. The monoisotopic (exact) mass is 258 g/mol. The van der Waals surface area contributed by atoms with E-state index in [0.29, 0.717) is 13.1 Å². The van der Waals surface area contributed by atoms with Gasteiger partial charge in [0.15, 0.2) is 0 Å². The second-order valence-electron chi connectivity index (χ2n) is 5.83. The fraction of sp³-hybridized carbons (Fsp3) is 0.833. The molecule has 0 aliphatic carbocycles. The molecule has 2 atom stereocenters. The molecular formula is C12H22N2O4. The molecule has 1 fully saturated rings. The van der Waals surface area contributed by atoms with Crippen LogP contribution in [0.25, 0.3) is 0 Å². The van der Waals surface area contributed by atoms with E-state index in [1.165, 1.54) is 0 Å². The van der Waals surface area contributed by atoms with Gasteiger partial charge in [0.1, 0.15) is 5.60 Å². The van der Waals surface area contributed by atoms with Gasteiger partial charge in [0, 0.05) is 25.0 Å². The highest BCUT2D eigenvalue weighted by Gasteiger charge is 2.34. The third-order valence-corrected chi connectivity index (χ3v) is 2.76. The zero-order chi connectivity index (χ0) is 13.9. The number of aliphatic carboxylic acids is 1. The van der Waals surface area contributed by atoms with Gasteiger partial charge in [0.25, 0.3) is 0 Å². The number of hydrogen-bond acceptors (Lipinski definition) is 4. The molecule has 1 aliphatic heterocycles. The Kier molecular flexibility index (Phi) is 4.56. The predicted octanol–water partition coefficient (Wildman–Crippen LogP) is 0.916. The zero-order valence-corrected chi connectivity index (χ0v) is 11.4. The van der Waals surface area contributed by atoms with E-state index in [1.807, 2.05) is 11.9 Å². The number of likely N-dealkylation sites (tertiary alicyclic amines) is 1. The van der Waals surface area contributed by atoms with Crippen molar-refractivity contribution in [3.05, 3.63) is 0 Å². The van der Waals surface area contributed by atoms with Crippen LogP contribution in [0.5, 0.6) is 0 Å². The quantitative estimate of drug-likeness (QED) is 0.787. The third-order valence-electron chi connectivity index (χ3n) is 2.76. The first-order chi connectivity index (χ1) is 8.17. The number of hydrogen-bond donors (Lipinski definition) is 2. The fourth-order valence-corrected chi connectivity index (χ4v) is 2.14. The van der Waals surface area contributed by atoms with Gasteiger partial charge in [0.05, 0.1) is 6.42 Å². The molecular weight excluding hydrogens is 236 g/mol. The summed E-state index contributed by atoms with van der Waals surface area (Å²) in [6.07, 6.45) is -0.427. The van der Waals surface area contributed by atoms with E-state index in [-0.39, 0.29) is 18.4 Å². The van der Waals surface area contributed by atoms with E-state index < -0.39 is 17.7 Å². The number of carbonyl (C=O) groups is 2. The van der Waals surface area contributed by atoms with Gasteiger partial charge in [0.2, 0.25) is 0 Å². The average Bonchev–Trinajstić information content (AvgIpc) is 2.41. The number of ether oxygens (including phenoxy) is 1. The van der Waals surface area contributed by atoms with Crippen molar-refractivity contribution in [1.29, 1.82) is 0 Å². The Morgan fingerprint density at radius 1 is 1.39 bits per heavy atom. The number of nitrogens with one attached hydrogen (secondary N) is 1. The van der Waals surface area contributed by atoms with Crippen LogP contribution in [0, 0.1) is 5.92 Å². The van der Waals surface area contributed by atoms with Crippen LogP contribution in [0.1, 0.15) is 27.2 Å². The molecule has 6 heteroatoms. The number of likely N-dealkylation sites (N-methyl/N-ethyl adjacent to an activating group) is 1. The molecule has 0 spiro atoms. The summed E-state index contributed by atoms with van der Waals surface area (Å²) in [7, 11) is 1.91. The van der Waals surface area contributed by atoms with Gasteiger partial charge in [-0.2, -0.15) is 0 Å². The Morgan fingerprint density at radius 2 is 2.00 bits per heavy atom. The van der Waals surface area contributed by atoms with Crippen molar-refractivity contribution in [3.8, 4) is 0 Å². The van der Waals surface area contributed by atoms with Crippen LogP contribution in [0.4, 0.5) is 4.79 Å². The normalized spacial score (nSPS) is 24.9. The summed E-state index contributed by atoms with van der Waals surface area (Å²) in [4.78, 5) is 24.4. The second kappa shape index (κ2) is 5.56. The molecule has 1 amide bonds. The highest BCUT2D eigenvalue weighted by Crippen LogP contribution is 2.19. The van der Waals surface area contributed by atoms with E-state index in [1.54, 1.807) is 20.8 Å². The Labute approximate surface area is 107 Å². The minimum absolute atomic E-state index is 0.0603. The summed E-state index contributed by atoms with van der Waals surface area (Å²) >= 11 is 0. The Morgan fingerprint density at radius 3 is 2.50 bits per heavy atom. The van der Waals surface area contributed by atoms with E-state index >= 15 is 0 Å². The molecule has 6 nitrogen and oxygen atoms in total. The number of alkyl carbamates (subject to hydrolysis) is 1. The van der Waals surface area contributed by atoms with Crippen molar-refractivity contribution in [3.63, 3.8) is 0 Å². The molecule has 18 heavy (non-hydrogen) atoms. The number of nitrogens with zero attached hydrogens (tertiary/aromatic N) is 1. The third kappa shape index (κ3) is 4.91. The molecule has 1 rings (SSSR count). The van der Waals surface area contributed by atoms with Crippen LogP contribution >= 0.6 is 0 Å². The van der Waals surface area contributed by atoms with Crippen molar-refractivity contribution in [1.82, 2.24) is 10.2 Å². The van der Waals surface area contributed by atoms with E-state index in [9.17, 15) is 9.59 Å². The summed E-state index contributed by atoms with van der Waals surface area (Å²) < 4.78 is 5.17. The van der Waals surface area contributed by atoms with E-state index in [0.717, 1.165) is 0 Å². The van der Waals surface area contributed by atoms with Crippen LogP contribution in [-0.4, -0.2) is 53.8 Å². The lowest BCUT2D eigenvalue weighted by atomic mass is 10.0. The van der Waals surface area contributed by atoms with Gasteiger partial charge in [-0.05, 0) is 27.8 Å². The number of amides is 1. The molecule has 0 bridgehead atoms. The minimum atomic E-state index is -0.841. The number of carboxylic acid groups (broad SMARTS) is 1. The molecule has 1 saturated heterocycles. The van der Waals surface area contributed by atoms with Crippen LogP contribution in [0.15, 0.2) is 0 Å². The Bertz CT molecular complexity index is 325. The summed E-state index contributed by atoms with van der Waals surface area (Å²) in [5.41, 5.74) is -0.545. The molecule has 1 heterocycles. The smallest absolute Gasteiger partial charge is 0.407 e. The van der Waals surface area contributed by atoms with Crippen molar-refractivity contribution < 1.29 is 19.4 Å². The highest BCUT2D eigenvalue weighted by atomic mass is 16.6. The average molecular weight is 258 g/mol. The van der Waals surface area contributed by atoms with Crippen LogP contribution in [0.3, 0.4) is 0 Å². The first-order valence-corrected chi connectivity index (χ1v) is 6.07. The highest BCUT2D eigenvalue weighted by molar-refractivity contribution is 5.69. The summed E-state index contributed by atoms with van der Waals surface area (Å²) in [6.45, 7) is 6.70. The lowest BCUT2D eigenvalue weighted by Crippen LogP contribution is -2.43. The fourth-order valence-electron chi connectivity index (χ4n) is 2.14. The van der Waals surface area contributed by atoms with Gasteiger partial charge in [-0.25, -0.2) is 4.79 Å². The lowest BCUT2D eigenvalue weighted by molar-refractivity contribution is -0.138. The maximum Gasteiger partial charge on any atom is 0.407 e. The van der Waals surface area contributed by atoms with Crippen molar-refractivity contribution in [2.75, 3.05) is 20.1 Å². The Balaban J connectivity index is 2.53. The standard InChI is InChI=1S/C12H22N2O4/c1-12(2,3)18-11(17)13-9-7-14(4)6-8(9)5-10(15)16/h8-9H,5-7H2,1-4H3,(H,13,17)(H,15,16)/t8-,9-/m1/s1. The SMILES string of the molecule is CN1C[C@@H](CC(=O)O)[C@H](NC(=O)OC(C)(C)C)C1. The van der Waals surface area contributed by atoms with Crippen LogP contribution < -0.4 is 5.32 Å². The van der Waals surface area contributed by atoms with Crippen LogP contribution in [0.2, 0.25) is 0 Å². The van der Waals surface area contributed by atoms with Gasteiger partial charge in [-0.15, -0.1) is 0 Å². The van der Waals surface area contributed by atoms with Gasteiger partial charge in [-0.1, -0.05) is 0 Å². The number of rotatable bonds is 3. The molecule has 104 valence electrons. The largest absolute Gasteiger partial charge is 0.481 e. The van der Waals surface area contributed by atoms with Crippen molar-refractivity contribution >= 4 is 12.1 Å². The molecule has 0 radical (unpaired) electrons. The van der Waals surface area contributed by atoms with Crippen molar-refractivity contribution in [2.45, 2.75) is 38.8 Å². The van der Waals surface area contributed by atoms with Crippen molar-refractivity contribution in [2.24, 2.45) is 5.92 Å². The molecule has 1 aliphatic rings. The molecule has 0 aromatic rings. The minimum Gasteiger partial charge on any atom is -0.481 e. The topological polar surface area (TPSA) is 78.9 Å². The molecule has 2 N–H and O–H groups in total. The van der Waals surface area contributed by atoms with E-state index in [2.05, 4.69) is 5.32 Å². The van der Waals surface area contributed by atoms with Gasteiger partial charge in [-0.3, -0.25) is 4.79 Å². The van der Waals surface area contributed by atoms with Gasteiger partial charge >= 0.3 is 12.1 Å². The van der Waals surface area contributed by atoms with E-state index in [4.69, 9.17) is 9.84 Å². The number of carbonyl (C=O) groups excluding carboxylic acids is 1. The summed E-state index contributed by atoms with van der Waals surface area (Å²) in [5, 5.41) is 11.6. The molecule has 0 saturated carbocycles. The molecule has 0 aromatic carbocycles. The predicted molar refractivity (Wildman–Crippen MR) is 66.4 cm³/mol. The first kappa shape index (κ1) is 14.8.